The van der Waals surface area contributed by atoms with Gasteiger partial charge in [-0.1, -0.05) is 83.9 Å². The number of hydrazine groups is 1. The molecule has 1 amide bonds. The van der Waals surface area contributed by atoms with E-state index in [9.17, 15) is 18.0 Å². The number of sulfonamides is 1. The summed E-state index contributed by atoms with van der Waals surface area (Å²) in [6.07, 6.45) is 0. The summed E-state index contributed by atoms with van der Waals surface area (Å²) in [5.74, 6) is -2.40. The number of benzene rings is 3. The molecule has 12 heteroatoms. The Morgan fingerprint density at radius 1 is 0.955 bits per heavy atom. The molecule has 0 aliphatic heterocycles. The minimum absolute atomic E-state index is 0.129. The predicted octanol–water partition coefficient (Wildman–Crippen LogP) is 7.43. The molecule has 0 saturated carbocycles. The van der Waals surface area contributed by atoms with Crippen LogP contribution < -0.4 is 10.2 Å². The first-order valence-electron chi connectivity index (χ1n) is 13.8. The van der Waals surface area contributed by atoms with E-state index in [1.165, 1.54) is 25.3 Å². The van der Waals surface area contributed by atoms with E-state index >= 15 is 0 Å². The van der Waals surface area contributed by atoms with Crippen LogP contribution in [0, 0.1) is 12.8 Å². The number of halogens is 2. The molecular formula is C32H34Cl2N2O7S. The number of nitrogens with one attached hydrogen (secondary N) is 1. The zero-order valence-electron chi connectivity index (χ0n) is 25.4. The number of furan rings is 1. The van der Waals surface area contributed by atoms with Crippen molar-refractivity contribution in [3.05, 3.63) is 82.0 Å². The van der Waals surface area contributed by atoms with Gasteiger partial charge in [0.2, 0.25) is 0 Å². The Balaban J connectivity index is 1.82. The number of amides is 1. The van der Waals surface area contributed by atoms with Crippen molar-refractivity contribution in [3.8, 4) is 16.9 Å². The van der Waals surface area contributed by atoms with Gasteiger partial charge in [-0.15, -0.1) is 0 Å². The number of ether oxygens (including phenoxy) is 2. The molecule has 0 bridgehead atoms. The lowest BCUT2D eigenvalue weighted by Gasteiger charge is -2.33. The summed E-state index contributed by atoms with van der Waals surface area (Å²) in [5.41, 5.74) is 3.63. The third kappa shape index (κ3) is 6.73. The normalized spacial score (nSPS) is 12.9. The summed E-state index contributed by atoms with van der Waals surface area (Å²) in [4.78, 5) is 27.2. The van der Waals surface area contributed by atoms with Crippen LogP contribution in [-0.4, -0.2) is 43.5 Å². The molecule has 0 aliphatic carbocycles. The van der Waals surface area contributed by atoms with Gasteiger partial charge in [-0.3, -0.25) is 15.0 Å². The van der Waals surface area contributed by atoms with Crippen molar-refractivity contribution in [2.75, 3.05) is 7.11 Å². The molecule has 1 N–H and O–H groups in total. The molecule has 9 nitrogen and oxygen atoms in total. The lowest BCUT2D eigenvalue weighted by Crippen LogP contribution is -2.57. The van der Waals surface area contributed by atoms with E-state index in [1.54, 1.807) is 53.7 Å². The van der Waals surface area contributed by atoms with Gasteiger partial charge in [0.25, 0.3) is 10.0 Å². The highest BCUT2D eigenvalue weighted by atomic mass is 35.5. The van der Waals surface area contributed by atoms with Crippen LogP contribution in [0.3, 0.4) is 0 Å². The summed E-state index contributed by atoms with van der Waals surface area (Å²) in [7, 11) is -3.12. The maximum atomic E-state index is 14.2. The standard InChI is InChI=1S/C32H34Cl2N2O7S/c1-18(2)26(31(38)43-32(4,5)6)36(44(39,40)22-15-13-21(14-16-22)20-11-9-8-10-12-20)35-30(37)27-19(3)25-28(41-7)23(33)17-24(34)29(25)42-27/h8-18,26H,1-7H3,(H,35,37). The van der Waals surface area contributed by atoms with Gasteiger partial charge in [0, 0.05) is 5.56 Å². The van der Waals surface area contributed by atoms with Gasteiger partial charge in [-0.2, -0.15) is 0 Å². The minimum Gasteiger partial charge on any atom is -0.494 e. The molecule has 234 valence electrons. The van der Waals surface area contributed by atoms with Crippen molar-refractivity contribution in [2.24, 2.45) is 5.92 Å². The van der Waals surface area contributed by atoms with Crippen LogP contribution in [0.4, 0.5) is 0 Å². The monoisotopic (exact) mass is 660 g/mol. The number of aryl methyl sites for hydroxylation is 1. The molecule has 0 aliphatic rings. The van der Waals surface area contributed by atoms with Gasteiger partial charge in [0.05, 0.1) is 27.4 Å². The fourth-order valence-corrected chi connectivity index (χ4v) is 6.84. The minimum atomic E-state index is -4.53. The van der Waals surface area contributed by atoms with Gasteiger partial charge in [0.15, 0.2) is 11.3 Å². The quantitative estimate of drug-likeness (QED) is 0.147. The fraction of sp³-hybridized carbons (Fsp3) is 0.312. The van der Waals surface area contributed by atoms with E-state index in [0.29, 0.717) is 15.4 Å². The maximum Gasteiger partial charge on any atom is 0.327 e. The molecule has 3 aromatic carbocycles. The largest absolute Gasteiger partial charge is 0.494 e. The van der Waals surface area contributed by atoms with E-state index in [-0.39, 0.29) is 32.0 Å². The fourth-order valence-electron chi connectivity index (χ4n) is 4.73. The molecule has 0 spiro atoms. The summed E-state index contributed by atoms with van der Waals surface area (Å²) < 4.78 is 46.0. The molecular weight excluding hydrogens is 627 g/mol. The zero-order valence-corrected chi connectivity index (χ0v) is 27.7. The molecule has 1 unspecified atom stereocenters. The molecule has 1 atom stereocenters. The lowest BCUT2D eigenvalue weighted by atomic mass is 10.0. The van der Waals surface area contributed by atoms with Gasteiger partial charge < -0.3 is 13.9 Å². The average Bonchev–Trinajstić information content (AvgIpc) is 3.29. The van der Waals surface area contributed by atoms with Crippen LogP contribution in [0.15, 0.2) is 70.0 Å². The SMILES string of the molecule is COc1c(Cl)cc(Cl)c2oc(C(=O)NN(C(C(=O)OC(C)(C)C)C(C)C)S(=O)(=O)c3ccc(-c4ccccc4)cc3)c(C)c12. The van der Waals surface area contributed by atoms with Crippen LogP contribution in [0.2, 0.25) is 10.0 Å². The van der Waals surface area contributed by atoms with E-state index in [2.05, 4.69) is 5.43 Å². The highest BCUT2D eigenvalue weighted by Gasteiger charge is 2.42. The third-order valence-corrected chi connectivity index (χ3v) is 9.00. The van der Waals surface area contributed by atoms with E-state index in [1.807, 2.05) is 30.3 Å². The number of carbonyl (C=O) groups is 2. The van der Waals surface area contributed by atoms with Crippen LogP contribution in [0.5, 0.6) is 5.75 Å². The third-order valence-electron chi connectivity index (χ3n) is 6.73. The lowest BCUT2D eigenvalue weighted by molar-refractivity contribution is -0.161. The number of esters is 1. The van der Waals surface area contributed by atoms with Gasteiger partial charge in [-0.05, 0) is 62.9 Å². The Morgan fingerprint density at radius 3 is 2.09 bits per heavy atom. The molecule has 44 heavy (non-hydrogen) atoms. The Labute approximate surface area is 267 Å². The molecule has 1 aromatic heterocycles. The van der Waals surface area contributed by atoms with E-state index < -0.39 is 39.5 Å². The van der Waals surface area contributed by atoms with Crippen molar-refractivity contribution in [1.82, 2.24) is 9.84 Å². The number of carbonyl (C=O) groups excluding carboxylic acids is 2. The summed E-state index contributed by atoms with van der Waals surface area (Å²) in [6.45, 7) is 9.90. The molecule has 4 rings (SSSR count). The van der Waals surface area contributed by atoms with E-state index in [0.717, 1.165) is 11.1 Å². The van der Waals surface area contributed by atoms with Crippen molar-refractivity contribution >= 4 is 56.1 Å². The van der Waals surface area contributed by atoms with Crippen molar-refractivity contribution < 1.29 is 31.9 Å². The number of nitrogens with zero attached hydrogens (tertiary/aromatic N) is 1. The van der Waals surface area contributed by atoms with Crippen molar-refractivity contribution in [3.63, 3.8) is 0 Å². The van der Waals surface area contributed by atoms with Gasteiger partial charge in [0.1, 0.15) is 17.4 Å². The number of methoxy groups -OCH3 is 1. The topological polar surface area (TPSA) is 115 Å². The Bertz CT molecular complexity index is 1800. The van der Waals surface area contributed by atoms with Gasteiger partial charge in [-0.25, -0.2) is 8.42 Å². The highest BCUT2D eigenvalue weighted by molar-refractivity contribution is 7.89. The number of hydrogen-bond acceptors (Lipinski definition) is 7. The summed E-state index contributed by atoms with van der Waals surface area (Å²) in [6, 6.07) is 15.6. The smallest absolute Gasteiger partial charge is 0.327 e. The molecule has 4 aromatic rings. The Morgan fingerprint density at radius 2 is 1.55 bits per heavy atom. The first-order valence-corrected chi connectivity index (χ1v) is 15.9. The summed E-state index contributed by atoms with van der Waals surface area (Å²) in [5, 5.41) is 0.687. The number of hydrogen-bond donors (Lipinski definition) is 1. The number of rotatable bonds is 9. The maximum absolute atomic E-state index is 14.2. The summed E-state index contributed by atoms with van der Waals surface area (Å²) >= 11 is 12.7. The second-order valence-corrected chi connectivity index (χ2v) is 14.1. The second-order valence-electron chi connectivity index (χ2n) is 11.5. The zero-order chi connectivity index (χ0) is 32.6. The van der Waals surface area contributed by atoms with Gasteiger partial charge >= 0.3 is 11.9 Å². The molecule has 0 fully saturated rings. The average molecular weight is 662 g/mol. The number of fused-ring (bicyclic) bond motifs is 1. The predicted molar refractivity (Wildman–Crippen MR) is 170 cm³/mol. The molecule has 1 heterocycles. The molecule has 0 saturated heterocycles. The first-order chi connectivity index (χ1) is 20.6. The first kappa shape index (κ1) is 33.3. The van der Waals surface area contributed by atoms with E-state index in [4.69, 9.17) is 37.1 Å². The van der Waals surface area contributed by atoms with Crippen molar-refractivity contribution in [1.29, 1.82) is 0 Å². The van der Waals surface area contributed by atoms with Crippen LogP contribution in [-0.2, 0) is 19.6 Å². The van der Waals surface area contributed by atoms with Crippen LogP contribution >= 0.6 is 23.2 Å². The second kappa shape index (κ2) is 12.8. The van der Waals surface area contributed by atoms with Crippen molar-refractivity contribution in [2.45, 2.75) is 58.1 Å². The Kier molecular flexibility index (Phi) is 9.70. The molecule has 0 radical (unpaired) electrons. The Hall–Kier alpha value is -3.57. The van der Waals surface area contributed by atoms with Crippen LogP contribution in [0.1, 0.15) is 50.7 Å². The highest BCUT2D eigenvalue weighted by Crippen LogP contribution is 2.42. The van der Waals surface area contributed by atoms with Crippen LogP contribution in [0.25, 0.3) is 22.1 Å².